The highest BCUT2D eigenvalue weighted by molar-refractivity contribution is 5.60. The predicted molar refractivity (Wildman–Crippen MR) is 88.7 cm³/mol. The third-order valence-electron chi connectivity index (χ3n) is 3.94. The number of hydrogen-bond acceptors (Lipinski definition) is 1. The Hall–Kier alpha value is -2.12. The minimum Gasteiger partial charge on any atom is -0.384 e. The Kier molecular flexibility index (Phi) is 4.32. The summed E-state index contributed by atoms with van der Waals surface area (Å²) in [6, 6.07) is 20.5. The van der Waals surface area contributed by atoms with Crippen molar-refractivity contribution >= 4 is 12.2 Å². The molecule has 1 saturated carbocycles. The first kappa shape index (κ1) is 13.8. The maximum Gasteiger partial charge on any atom is 0.0967 e. The van der Waals surface area contributed by atoms with E-state index >= 15 is 0 Å². The highest BCUT2D eigenvalue weighted by Gasteiger charge is 2.20. The predicted octanol–water partition coefficient (Wildman–Crippen LogP) is 4.70. The normalized spacial score (nSPS) is 22.6. The van der Waals surface area contributed by atoms with Gasteiger partial charge >= 0.3 is 0 Å². The molecule has 21 heavy (non-hydrogen) atoms. The van der Waals surface area contributed by atoms with Crippen LogP contribution in [-0.2, 0) is 0 Å². The van der Waals surface area contributed by atoms with Crippen molar-refractivity contribution in [3.05, 3.63) is 82.9 Å². The third kappa shape index (κ3) is 3.50. The van der Waals surface area contributed by atoms with Crippen LogP contribution in [0.15, 0.2) is 71.8 Å². The van der Waals surface area contributed by atoms with Gasteiger partial charge in [0.2, 0.25) is 0 Å². The number of benzene rings is 2. The lowest BCUT2D eigenvalue weighted by Gasteiger charge is -2.24. The van der Waals surface area contributed by atoms with E-state index in [1.165, 1.54) is 0 Å². The molecular formula is C20H20O. The Morgan fingerprint density at radius 2 is 1.14 bits per heavy atom. The molecule has 0 spiro atoms. The second kappa shape index (κ2) is 6.55. The molecule has 2 aromatic carbocycles. The summed E-state index contributed by atoms with van der Waals surface area (Å²) in [5.74, 6) is 0. The van der Waals surface area contributed by atoms with E-state index in [1.54, 1.807) is 0 Å². The average molecular weight is 276 g/mol. The number of aliphatic hydroxyl groups excluding tert-OH is 1. The van der Waals surface area contributed by atoms with E-state index in [1.807, 2.05) is 36.4 Å². The van der Waals surface area contributed by atoms with Crippen LogP contribution in [0, 0.1) is 0 Å². The lowest BCUT2D eigenvalue weighted by molar-refractivity contribution is 0.229. The van der Waals surface area contributed by atoms with Crippen LogP contribution in [0.4, 0.5) is 0 Å². The third-order valence-corrected chi connectivity index (χ3v) is 3.94. The van der Waals surface area contributed by atoms with Crippen molar-refractivity contribution in [1.29, 1.82) is 0 Å². The van der Waals surface area contributed by atoms with E-state index in [0.29, 0.717) is 0 Å². The minimum absolute atomic E-state index is 0.445. The molecule has 0 aliphatic heterocycles. The summed E-state index contributed by atoms with van der Waals surface area (Å²) in [5, 5.41) is 10.6. The molecule has 0 unspecified atom stereocenters. The second-order valence-electron chi connectivity index (χ2n) is 5.52. The summed E-state index contributed by atoms with van der Waals surface area (Å²) in [6.07, 6.45) is 6.86. The maximum absolute atomic E-state index is 10.6. The minimum atomic E-state index is -0.445. The van der Waals surface area contributed by atoms with Crippen LogP contribution in [-0.4, -0.2) is 11.2 Å². The van der Waals surface area contributed by atoms with E-state index in [2.05, 4.69) is 36.4 Å². The van der Waals surface area contributed by atoms with Crippen LogP contribution >= 0.6 is 0 Å². The van der Waals surface area contributed by atoms with Gasteiger partial charge in [-0.3, -0.25) is 0 Å². The summed E-state index contributed by atoms with van der Waals surface area (Å²) in [7, 11) is 0. The molecule has 3 rings (SSSR count). The van der Waals surface area contributed by atoms with Gasteiger partial charge in [-0.05, 0) is 41.5 Å². The topological polar surface area (TPSA) is 20.2 Å². The monoisotopic (exact) mass is 276 g/mol. The molecule has 0 saturated heterocycles. The van der Waals surface area contributed by atoms with Crippen molar-refractivity contribution in [3.63, 3.8) is 0 Å². The van der Waals surface area contributed by atoms with Gasteiger partial charge in [-0.15, -0.1) is 0 Å². The largest absolute Gasteiger partial charge is 0.384 e. The van der Waals surface area contributed by atoms with Crippen LogP contribution in [0.1, 0.15) is 30.4 Å². The van der Waals surface area contributed by atoms with Crippen molar-refractivity contribution in [3.8, 4) is 0 Å². The molecule has 1 heteroatoms. The van der Waals surface area contributed by atoms with Gasteiger partial charge in [0.25, 0.3) is 0 Å². The Bertz CT molecular complexity index is 581. The molecule has 106 valence electrons. The zero-order valence-electron chi connectivity index (χ0n) is 12.1. The Labute approximate surface area is 126 Å². The van der Waals surface area contributed by atoms with Crippen molar-refractivity contribution in [1.82, 2.24) is 0 Å². The van der Waals surface area contributed by atoms with E-state index in [4.69, 9.17) is 0 Å². The smallest absolute Gasteiger partial charge is 0.0967 e. The number of hydrogen-bond donors (Lipinski definition) is 1. The van der Waals surface area contributed by atoms with Crippen molar-refractivity contribution in [2.24, 2.45) is 0 Å². The highest BCUT2D eigenvalue weighted by atomic mass is 16.3. The standard InChI is InChI=1S/C20H20O/c21-20-18(14-16-8-3-1-4-9-16)12-7-13-19(20)15-17-10-5-2-6-11-17/h1-6,8-11,14-15,20-21H,7,12-13H2/b18-14+,19-15+. The van der Waals surface area contributed by atoms with Gasteiger partial charge in [0.1, 0.15) is 0 Å². The summed E-state index contributed by atoms with van der Waals surface area (Å²) in [5.41, 5.74) is 4.56. The van der Waals surface area contributed by atoms with Crippen LogP contribution < -0.4 is 0 Å². The summed E-state index contributed by atoms with van der Waals surface area (Å²) < 4.78 is 0. The molecular weight excluding hydrogens is 256 g/mol. The van der Waals surface area contributed by atoms with Gasteiger partial charge in [-0.25, -0.2) is 0 Å². The highest BCUT2D eigenvalue weighted by Crippen LogP contribution is 2.31. The fraction of sp³-hybridized carbons (Fsp3) is 0.200. The Morgan fingerprint density at radius 3 is 1.57 bits per heavy atom. The molecule has 0 radical (unpaired) electrons. The van der Waals surface area contributed by atoms with E-state index in [-0.39, 0.29) is 0 Å². The molecule has 0 heterocycles. The summed E-state index contributed by atoms with van der Waals surface area (Å²) in [4.78, 5) is 0. The molecule has 2 aromatic rings. The zero-order valence-corrected chi connectivity index (χ0v) is 12.1. The molecule has 0 amide bonds. The van der Waals surface area contributed by atoms with E-state index in [9.17, 15) is 5.11 Å². The SMILES string of the molecule is OC1/C(=C/c2ccccc2)CCC/C1=C\c1ccccc1. The van der Waals surface area contributed by atoms with Gasteiger partial charge in [0.05, 0.1) is 6.10 Å². The van der Waals surface area contributed by atoms with E-state index in [0.717, 1.165) is 41.5 Å². The van der Waals surface area contributed by atoms with Crippen LogP contribution in [0.25, 0.3) is 12.2 Å². The first-order valence-electron chi connectivity index (χ1n) is 7.52. The van der Waals surface area contributed by atoms with Gasteiger partial charge in [-0.2, -0.15) is 0 Å². The fourth-order valence-corrected chi connectivity index (χ4v) is 2.84. The average Bonchev–Trinajstić information content (AvgIpc) is 2.53. The molecule has 0 bridgehead atoms. The summed E-state index contributed by atoms with van der Waals surface area (Å²) in [6.45, 7) is 0. The molecule has 0 atom stereocenters. The molecule has 1 nitrogen and oxygen atoms in total. The second-order valence-corrected chi connectivity index (χ2v) is 5.52. The zero-order chi connectivity index (χ0) is 14.5. The Morgan fingerprint density at radius 1 is 0.714 bits per heavy atom. The van der Waals surface area contributed by atoms with Crippen molar-refractivity contribution in [2.75, 3.05) is 0 Å². The maximum atomic E-state index is 10.6. The fourth-order valence-electron chi connectivity index (χ4n) is 2.84. The lowest BCUT2D eigenvalue weighted by Crippen LogP contribution is -2.18. The number of aliphatic hydroxyl groups is 1. The van der Waals surface area contributed by atoms with Gasteiger partial charge < -0.3 is 5.11 Å². The van der Waals surface area contributed by atoms with Gasteiger partial charge in [-0.1, -0.05) is 72.8 Å². The van der Waals surface area contributed by atoms with Crippen LogP contribution in [0.3, 0.4) is 0 Å². The van der Waals surface area contributed by atoms with Crippen LogP contribution in [0.2, 0.25) is 0 Å². The molecule has 1 aliphatic rings. The molecule has 0 aromatic heterocycles. The molecule has 1 fully saturated rings. The van der Waals surface area contributed by atoms with Crippen LogP contribution in [0.5, 0.6) is 0 Å². The quantitative estimate of drug-likeness (QED) is 0.843. The molecule has 1 N–H and O–H groups in total. The van der Waals surface area contributed by atoms with Crippen molar-refractivity contribution in [2.45, 2.75) is 25.4 Å². The van der Waals surface area contributed by atoms with E-state index < -0.39 is 6.10 Å². The summed E-state index contributed by atoms with van der Waals surface area (Å²) >= 11 is 0. The lowest BCUT2D eigenvalue weighted by atomic mass is 9.85. The first-order chi connectivity index (χ1) is 10.3. The Balaban J connectivity index is 1.86. The van der Waals surface area contributed by atoms with Gasteiger partial charge in [0, 0.05) is 0 Å². The van der Waals surface area contributed by atoms with Gasteiger partial charge in [0.15, 0.2) is 0 Å². The molecule has 1 aliphatic carbocycles. The first-order valence-corrected chi connectivity index (χ1v) is 7.52. The van der Waals surface area contributed by atoms with Crippen molar-refractivity contribution < 1.29 is 5.11 Å². The number of rotatable bonds is 2.